The molecule has 2 saturated heterocycles. The molecule has 3 aromatic rings. The average Bonchev–Trinajstić information content (AvgIpc) is 3.31. The number of carbonyl (C=O) groups is 1. The Morgan fingerprint density at radius 3 is 2.36 bits per heavy atom. The molecular formula is C36H44BFN2O5. The molecule has 9 heteroatoms. The fraction of sp³-hybridized carbons (Fsp3) is 0.500. The Balaban J connectivity index is 1.42. The summed E-state index contributed by atoms with van der Waals surface area (Å²) in [6.45, 7) is 11.7. The number of esters is 1. The molecule has 1 unspecified atom stereocenters. The molecule has 2 aliphatic heterocycles. The van der Waals surface area contributed by atoms with Crippen molar-refractivity contribution in [3.8, 4) is 0 Å². The second-order valence-electron chi connectivity index (χ2n) is 14.4. The molecule has 0 bridgehead atoms. The van der Waals surface area contributed by atoms with Crippen molar-refractivity contribution in [3.05, 3.63) is 76.7 Å². The van der Waals surface area contributed by atoms with Gasteiger partial charge in [0.2, 0.25) is 5.95 Å². The van der Waals surface area contributed by atoms with E-state index in [0.717, 1.165) is 71.8 Å². The average molecular weight is 615 g/mol. The summed E-state index contributed by atoms with van der Waals surface area (Å²) >= 11 is 0. The maximum atomic E-state index is 15.5. The summed E-state index contributed by atoms with van der Waals surface area (Å²) in [5.74, 6) is -0.583. The normalized spacial score (nSPS) is 21.6. The second-order valence-corrected chi connectivity index (χ2v) is 14.4. The molecule has 1 aromatic heterocycles. The number of halogens is 1. The molecule has 1 saturated carbocycles. The molecular weight excluding hydrogens is 570 g/mol. The Morgan fingerprint density at radius 1 is 1.02 bits per heavy atom. The van der Waals surface area contributed by atoms with E-state index < -0.39 is 18.7 Å². The zero-order valence-corrected chi connectivity index (χ0v) is 27.1. The minimum absolute atomic E-state index is 0.0681. The second kappa shape index (κ2) is 12.9. The molecule has 0 radical (unpaired) electrons. The maximum Gasteiger partial charge on any atom is 0.490 e. The third-order valence-corrected chi connectivity index (χ3v) is 8.73. The molecule has 3 fully saturated rings. The zero-order valence-electron chi connectivity index (χ0n) is 27.1. The van der Waals surface area contributed by atoms with Gasteiger partial charge in [-0.2, -0.15) is 4.39 Å². The molecule has 45 heavy (non-hydrogen) atoms. The van der Waals surface area contributed by atoms with Gasteiger partial charge in [0.15, 0.2) is 6.23 Å². The Bertz CT molecular complexity index is 1580. The monoisotopic (exact) mass is 614 g/mol. The summed E-state index contributed by atoms with van der Waals surface area (Å²) < 4.78 is 41.4. The zero-order chi connectivity index (χ0) is 31.8. The van der Waals surface area contributed by atoms with Crippen molar-refractivity contribution in [1.29, 1.82) is 0 Å². The predicted octanol–water partition coefficient (Wildman–Crippen LogP) is 7.93. The summed E-state index contributed by atoms with van der Waals surface area (Å²) in [6, 6.07) is 14.0. The van der Waals surface area contributed by atoms with Crippen LogP contribution < -0.4 is 0 Å². The molecule has 1 atom stereocenters. The van der Waals surface area contributed by atoms with Crippen molar-refractivity contribution in [2.75, 3.05) is 19.8 Å². The lowest BCUT2D eigenvalue weighted by molar-refractivity contribution is -0.148. The van der Waals surface area contributed by atoms with Gasteiger partial charge in [-0.25, -0.2) is 9.48 Å². The van der Waals surface area contributed by atoms with Gasteiger partial charge in [-0.15, -0.1) is 5.10 Å². The van der Waals surface area contributed by atoms with E-state index in [9.17, 15) is 4.79 Å². The SMILES string of the molecule is CC1(C)COB(C(=C(c2ccc(C=CC(=O)OC(C)(C)C)cc2)c2ccc3c(c2)c(F)nn3C2CCCCO2)C2CCC2)OC1. The van der Waals surface area contributed by atoms with Crippen LogP contribution >= 0.6 is 0 Å². The van der Waals surface area contributed by atoms with Crippen LogP contribution in [0.15, 0.2) is 54.0 Å². The molecule has 0 N–H and O–H groups in total. The lowest BCUT2D eigenvalue weighted by Gasteiger charge is -2.39. The predicted molar refractivity (Wildman–Crippen MR) is 175 cm³/mol. The summed E-state index contributed by atoms with van der Waals surface area (Å²) in [5.41, 5.74) is 4.95. The van der Waals surface area contributed by atoms with Gasteiger partial charge in [0.25, 0.3) is 0 Å². The van der Waals surface area contributed by atoms with E-state index >= 15 is 4.39 Å². The highest BCUT2D eigenvalue weighted by Gasteiger charge is 2.41. The third-order valence-electron chi connectivity index (χ3n) is 8.73. The summed E-state index contributed by atoms with van der Waals surface area (Å²) in [4.78, 5) is 12.3. The number of allylic oxidation sites excluding steroid dienone is 1. The van der Waals surface area contributed by atoms with Gasteiger partial charge in [-0.05, 0) is 105 Å². The topological polar surface area (TPSA) is 71.8 Å². The van der Waals surface area contributed by atoms with Crippen LogP contribution in [0.4, 0.5) is 4.39 Å². The number of ether oxygens (including phenoxy) is 2. The molecule has 0 spiro atoms. The van der Waals surface area contributed by atoms with Gasteiger partial charge in [-0.3, -0.25) is 0 Å². The molecule has 7 nitrogen and oxygen atoms in total. The lowest BCUT2D eigenvalue weighted by atomic mass is 9.59. The first kappa shape index (κ1) is 31.7. The van der Waals surface area contributed by atoms with Crippen molar-refractivity contribution in [3.63, 3.8) is 0 Å². The maximum absolute atomic E-state index is 15.5. The lowest BCUT2D eigenvalue weighted by Crippen LogP contribution is -2.44. The van der Waals surface area contributed by atoms with Gasteiger partial charge in [0, 0.05) is 31.3 Å². The highest BCUT2D eigenvalue weighted by Crippen LogP contribution is 2.43. The van der Waals surface area contributed by atoms with Crippen LogP contribution in [0.1, 0.15) is 96.1 Å². The molecule has 1 aliphatic carbocycles. The van der Waals surface area contributed by atoms with Gasteiger partial charge in [-0.1, -0.05) is 50.6 Å². The number of aromatic nitrogens is 2. The standard InChI is InChI=1S/C36H44BFN2O5/c1-35(2,3)45-31(41)19-14-24-12-15-25(16-13-24)32(33(26-9-8-10-26)37-43-22-36(4,5)23-44-37)27-17-18-29-28(21-27)34(38)39-40(29)30-11-6-7-20-42-30/h12-19,21,26,30H,6-11,20,22-23H2,1-5H3. The molecule has 0 amide bonds. The molecule has 3 heterocycles. The number of hydrogen-bond donors (Lipinski definition) is 0. The van der Waals surface area contributed by atoms with Gasteiger partial charge >= 0.3 is 13.1 Å². The van der Waals surface area contributed by atoms with E-state index in [0.29, 0.717) is 31.1 Å². The van der Waals surface area contributed by atoms with Crippen LogP contribution in [0.25, 0.3) is 22.6 Å². The number of nitrogens with zero attached hydrogens (tertiary/aromatic N) is 2. The minimum Gasteiger partial charge on any atom is -0.457 e. The van der Waals surface area contributed by atoms with Crippen LogP contribution in [0.3, 0.4) is 0 Å². The van der Waals surface area contributed by atoms with E-state index in [4.69, 9.17) is 18.8 Å². The number of rotatable bonds is 7. The fourth-order valence-corrected chi connectivity index (χ4v) is 6.26. The van der Waals surface area contributed by atoms with Crippen molar-refractivity contribution in [2.45, 2.75) is 85.0 Å². The van der Waals surface area contributed by atoms with Crippen molar-refractivity contribution in [1.82, 2.24) is 9.78 Å². The summed E-state index contributed by atoms with van der Waals surface area (Å²) in [5, 5.41) is 4.75. The van der Waals surface area contributed by atoms with Crippen molar-refractivity contribution in [2.24, 2.45) is 11.3 Å². The number of benzene rings is 2. The molecule has 238 valence electrons. The van der Waals surface area contributed by atoms with E-state index in [1.807, 2.05) is 45.0 Å². The molecule has 6 rings (SSSR count). The largest absolute Gasteiger partial charge is 0.490 e. The quantitative estimate of drug-likeness (QED) is 0.153. The number of carbonyl (C=O) groups excluding carboxylic acids is 1. The van der Waals surface area contributed by atoms with Crippen molar-refractivity contribution >= 4 is 35.6 Å². The molecule has 3 aliphatic rings. The third kappa shape index (κ3) is 7.26. The van der Waals surface area contributed by atoms with E-state index in [2.05, 4.69) is 37.1 Å². The minimum atomic E-state index is -0.554. The summed E-state index contributed by atoms with van der Waals surface area (Å²) in [7, 11) is -0.482. The van der Waals surface area contributed by atoms with Gasteiger partial charge in [0.1, 0.15) is 5.60 Å². The van der Waals surface area contributed by atoms with Crippen molar-refractivity contribution < 1.29 is 28.0 Å². The van der Waals surface area contributed by atoms with Gasteiger partial charge in [0.05, 0.1) is 10.9 Å². The fourth-order valence-electron chi connectivity index (χ4n) is 6.26. The Kier molecular flexibility index (Phi) is 9.06. The smallest absolute Gasteiger partial charge is 0.457 e. The van der Waals surface area contributed by atoms with Crippen LogP contribution in [0.5, 0.6) is 0 Å². The van der Waals surface area contributed by atoms with Crippen LogP contribution in [0, 0.1) is 17.3 Å². The van der Waals surface area contributed by atoms with E-state index in [-0.39, 0.29) is 17.6 Å². The number of hydrogen-bond acceptors (Lipinski definition) is 6. The first-order valence-electron chi connectivity index (χ1n) is 16.3. The van der Waals surface area contributed by atoms with E-state index in [1.54, 1.807) is 10.8 Å². The summed E-state index contributed by atoms with van der Waals surface area (Å²) in [6.07, 6.45) is 9.06. The Hall–Kier alpha value is -3.27. The Morgan fingerprint density at radius 2 is 1.73 bits per heavy atom. The highest BCUT2D eigenvalue weighted by atomic mass is 19.1. The van der Waals surface area contributed by atoms with Gasteiger partial charge < -0.3 is 18.8 Å². The van der Waals surface area contributed by atoms with Crippen LogP contribution in [-0.4, -0.2) is 48.3 Å². The number of fused-ring (bicyclic) bond motifs is 1. The van der Waals surface area contributed by atoms with E-state index in [1.165, 1.54) is 6.08 Å². The molecule has 2 aromatic carbocycles. The van der Waals surface area contributed by atoms with Crippen LogP contribution in [-0.2, 0) is 23.6 Å². The highest BCUT2D eigenvalue weighted by molar-refractivity contribution is 6.56. The first-order chi connectivity index (χ1) is 21.5. The Labute approximate surface area is 265 Å². The van der Waals surface area contributed by atoms with Crippen LogP contribution in [0.2, 0.25) is 0 Å². The first-order valence-corrected chi connectivity index (χ1v) is 16.3.